The lowest BCUT2D eigenvalue weighted by Gasteiger charge is -2.34. The van der Waals surface area contributed by atoms with Crippen LogP contribution in [0.3, 0.4) is 0 Å². The summed E-state index contributed by atoms with van der Waals surface area (Å²) in [5, 5.41) is 24.2. The van der Waals surface area contributed by atoms with Crippen LogP contribution in [0, 0.1) is 29.9 Å². The van der Waals surface area contributed by atoms with E-state index in [2.05, 4.69) is 5.10 Å². The number of aliphatic hydroxyl groups excluding tert-OH is 1. The molecule has 1 fully saturated rings. The van der Waals surface area contributed by atoms with Gasteiger partial charge in [0.25, 0.3) is 0 Å². The standard InChI is InChI=1S/C13H20N4O4/c1-8-13(17(20)21)9(2)16(14-8)7-12(19)15(3)6-10-4-11(18)5-10/h10-11,18H,4-7H2,1-3H3. The minimum Gasteiger partial charge on any atom is -0.393 e. The third-order valence-electron chi connectivity index (χ3n) is 3.98. The predicted molar refractivity (Wildman–Crippen MR) is 74.7 cm³/mol. The average Bonchev–Trinajstić information content (AvgIpc) is 2.62. The van der Waals surface area contributed by atoms with E-state index < -0.39 is 4.92 Å². The van der Waals surface area contributed by atoms with Gasteiger partial charge in [-0.05, 0) is 32.6 Å². The Bertz CT molecular complexity index is 563. The number of hydrogen-bond acceptors (Lipinski definition) is 5. The van der Waals surface area contributed by atoms with Crippen LogP contribution in [-0.4, -0.2) is 50.3 Å². The SMILES string of the molecule is Cc1nn(CC(=O)N(C)CC2CC(O)C2)c(C)c1[N+](=O)[O-]. The van der Waals surface area contributed by atoms with E-state index in [-0.39, 0.29) is 24.2 Å². The quantitative estimate of drug-likeness (QED) is 0.634. The van der Waals surface area contributed by atoms with E-state index in [1.54, 1.807) is 25.8 Å². The number of nitro groups is 1. The van der Waals surface area contributed by atoms with Crippen LogP contribution in [0.5, 0.6) is 0 Å². The smallest absolute Gasteiger partial charge is 0.312 e. The van der Waals surface area contributed by atoms with Gasteiger partial charge in [0.1, 0.15) is 17.9 Å². The zero-order chi connectivity index (χ0) is 15.7. The van der Waals surface area contributed by atoms with Crippen LogP contribution in [0.2, 0.25) is 0 Å². The molecular weight excluding hydrogens is 276 g/mol. The molecule has 0 radical (unpaired) electrons. The first-order chi connectivity index (χ1) is 9.79. The Morgan fingerprint density at radius 3 is 2.62 bits per heavy atom. The van der Waals surface area contributed by atoms with Crippen molar-refractivity contribution in [3.05, 3.63) is 21.5 Å². The number of nitrogens with zero attached hydrogens (tertiary/aromatic N) is 4. The largest absolute Gasteiger partial charge is 0.393 e. The molecular formula is C13H20N4O4. The molecule has 1 heterocycles. The van der Waals surface area contributed by atoms with Gasteiger partial charge in [-0.15, -0.1) is 0 Å². The summed E-state index contributed by atoms with van der Waals surface area (Å²) >= 11 is 0. The van der Waals surface area contributed by atoms with Crippen molar-refractivity contribution in [1.29, 1.82) is 0 Å². The Morgan fingerprint density at radius 2 is 2.14 bits per heavy atom. The van der Waals surface area contributed by atoms with Gasteiger partial charge < -0.3 is 10.0 Å². The maximum absolute atomic E-state index is 12.1. The van der Waals surface area contributed by atoms with E-state index in [4.69, 9.17) is 0 Å². The van der Waals surface area contributed by atoms with Gasteiger partial charge in [-0.3, -0.25) is 19.6 Å². The Balaban J connectivity index is 1.99. The van der Waals surface area contributed by atoms with Crippen molar-refractivity contribution >= 4 is 11.6 Å². The lowest BCUT2D eigenvalue weighted by atomic mass is 9.82. The molecule has 0 aliphatic heterocycles. The van der Waals surface area contributed by atoms with Crippen LogP contribution in [0.25, 0.3) is 0 Å². The summed E-state index contributed by atoms with van der Waals surface area (Å²) in [5.74, 6) is 0.195. The van der Waals surface area contributed by atoms with Crippen LogP contribution in [-0.2, 0) is 11.3 Å². The second kappa shape index (κ2) is 5.80. The number of rotatable bonds is 5. The van der Waals surface area contributed by atoms with Gasteiger partial charge in [-0.25, -0.2) is 0 Å². The molecule has 1 N–H and O–H groups in total. The number of aryl methyl sites for hydroxylation is 1. The van der Waals surface area contributed by atoms with Crippen molar-refractivity contribution in [1.82, 2.24) is 14.7 Å². The molecule has 1 aromatic rings. The molecule has 0 saturated heterocycles. The molecule has 0 spiro atoms. The Morgan fingerprint density at radius 1 is 1.52 bits per heavy atom. The highest BCUT2D eigenvalue weighted by Gasteiger charge is 2.29. The summed E-state index contributed by atoms with van der Waals surface area (Å²) in [6, 6.07) is 0. The summed E-state index contributed by atoms with van der Waals surface area (Å²) in [4.78, 5) is 24.2. The van der Waals surface area contributed by atoms with Gasteiger partial charge in [0.05, 0.1) is 11.0 Å². The number of carbonyl (C=O) groups excluding carboxylic acids is 1. The molecule has 21 heavy (non-hydrogen) atoms. The van der Waals surface area contributed by atoms with Crippen molar-refractivity contribution in [2.24, 2.45) is 5.92 Å². The number of carbonyl (C=O) groups is 1. The van der Waals surface area contributed by atoms with Crippen LogP contribution >= 0.6 is 0 Å². The fraction of sp³-hybridized carbons (Fsp3) is 0.692. The molecule has 1 aromatic heterocycles. The summed E-state index contributed by atoms with van der Waals surface area (Å²) in [6.45, 7) is 3.74. The van der Waals surface area contributed by atoms with Crippen molar-refractivity contribution in [3.8, 4) is 0 Å². The van der Waals surface area contributed by atoms with E-state index in [1.165, 1.54) is 4.68 Å². The minimum atomic E-state index is -0.474. The molecule has 0 bridgehead atoms. The van der Waals surface area contributed by atoms with Crippen molar-refractivity contribution in [3.63, 3.8) is 0 Å². The van der Waals surface area contributed by atoms with Crippen LogP contribution in [0.15, 0.2) is 0 Å². The maximum atomic E-state index is 12.1. The number of likely N-dealkylation sites (N-methyl/N-ethyl adjacent to an activating group) is 1. The van der Waals surface area contributed by atoms with E-state index >= 15 is 0 Å². The van der Waals surface area contributed by atoms with Gasteiger partial charge in [-0.2, -0.15) is 5.10 Å². The van der Waals surface area contributed by atoms with Gasteiger partial charge in [0.15, 0.2) is 0 Å². The van der Waals surface area contributed by atoms with E-state index in [9.17, 15) is 20.0 Å². The molecule has 8 heteroatoms. The topological polar surface area (TPSA) is 102 Å². The molecule has 0 aromatic carbocycles. The molecule has 0 unspecified atom stereocenters. The fourth-order valence-electron chi connectivity index (χ4n) is 2.69. The second-order valence-electron chi connectivity index (χ2n) is 5.70. The zero-order valence-electron chi connectivity index (χ0n) is 12.4. The molecule has 0 atom stereocenters. The molecule has 116 valence electrons. The first kappa shape index (κ1) is 15.4. The molecule has 8 nitrogen and oxygen atoms in total. The first-order valence-corrected chi connectivity index (χ1v) is 6.90. The highest BCUT2D eigenvalue weighted by molar-refractivity contribution is 5.75. The third kappa shape index (κ3) is 3.21. The molecule has 1 aliphatic rings. The monoisotopic (exact) mass is 296 g/mol. The minimum absolute atomic E-state index is 0.00765. The number of hydrogen-bond donors (Lipinski definition) is 1. The van der Waals surface area contributed by atoms with Gasteiger partial charge in [0.2, 0.25) is 5.91 Å². The highest BCUT2D eigenvalue weighted by atomic mass is 16.6. The summed E-state index contributed by atoms with van der Waals surface area (Å²) in [7, 11) is 1.70. The van der Waals surface area contributed by atoms with E-state index in [0.29, 0.717) is 23.9 Å². The van der Waals surface area contributed by atoms with E-state index in [0.717, 1.165) is 12.8 Å². The number of aliphatic hydroxyl groups is 1. The van der Waals surface area contributed by atoms with Crippen LogP contribution in [0.1, 0.15) is 24.2 Å². The first-order valence-electron chi connectivity index (χ1n) is 6.90. The lowest BCUT2D eigenvalue weighted by molar-refractivity contribution is -0.386. The van der Waals surface area contributed by atoms with Gasteiger partial charge in [0, 0.05) is 13.6 Å². The summed E-state index contributed by atoms with van der Waals surface area (Å²) in [6.07, 6.45) is 1.21. The Kier molecular flexibility index (Phi) is 4.26. The van der Waals surface area contributed by atoms with Gasteiger partial charge >= 0.3 is 5.69 Å². The van der Waals surface area contributed by atoms with Crippen molar-refractivity contribution in [2.45, 2.75) is 39.3 Å². The molecule has 1 aliphatic carbocycles. The summed E-state index contributed by atoms with van der Waals surface area (Å²) < 4.78 is 1.38. The maximum Gasteiger partial charge on any atom is 0.312 e. The Labute approximate surface area is 122 Å². The molecule has 1 amide bonds. The van der Waals surface area contributed by atoms with Crippen LogP contribution < -0.4 is 0 Å². The number of aromatic nitrogens is 2. The molecule has 2 rings (SSSR count). The highest BCUT2D eigenvalue weighted by Crippen LogP contribution is 2.27. The fourth-order valence-corrected chi connectivity index (χ4v) is 2.69. The molecule has 1 saturated carbocycles. The van der Waals surface area contributed by atoms with Gasteiger partial charge in [-0.1, -0.05) is 0 Å². The number of amides is 1. The van der Waals surface area contributed by atoms with Crippen molar-refractivity contribution < 1.29 is 14.8 Å². The lowest BCUT2D eigenvalue weighted by Crippen LogP contribution is -2.40. The zero-order valence-corrected chi connectivity index (χ0v) is 12.4. The Hall–Kier alpha value is -1.96. The van der Waals surface area contributed by atoms with Crippen molar-refractivity contribution in [2.75, 3.05) is 13.6 Å². The predicted octanol–water partition coefficient (Wildman–Crippen LogP) is 0.637. The second-order valence-corrected chi connectivity index (χ2v) is 5.70. The third-order valence-corrected chi connectivity index (χ3v) is 3.98. The van der Waals surface area contributed by atoms with Crippen LogP contribution in [0.4, 0.5) is 5.69 Å². The summed E-state index contributed by atoms with van der Waals surface area (Å²) in [5.41, 5.74) is 0.668. The normalized spacial score (nSPS) is 21.0. The average molecular weight is 296 g/mol. The van der Waals surface area contributed by atoms with E-state index in [1.807, 2.05) is 0 Å².